The molecule has 8 nitrogen and oxygen atoms in total. The van der Waals surface area contributed by atoms with Crippen molar-refractivity contribution in [3.63, 3.8) is 0 Å². The summed E-state index contributed by atoms with van der Waals surface area (Å²) in [6.45, 7) is 1.06. The van der Waals surface area contributed by atoms with Gasteiger partial charge in [0.2, 0.25) is 0 Å². The summed E-state index contributed by atoms with van der Waals surface area (Å²) < 4.78 is 6.44. The summed E-state index contributed by atoms with van der Waals surface area (Å²) in [6.07, 6.45) is -2.16. The first-order valence-corrected chi connectivity index (χ1v) is 5.92. The molecule has 5 N–H and O–H groups in total. The lowest BCUT2D eigenvalue weighted by Crippen LogP contribution is -2.55. The minimum atomic E-state index is -1.57. The van der Waals surface area contributed by atoms with Crippen molar-refractivity contribution in [2.45, 2.75) is 30.9 Å². The number of aliphatic hydroxyl groups excluding tert-OH is 2. The van der Waals surface area contributed by atoms with Gasteiger partial charge in [0, 0.05) is 12.3 Å². The predicted octanol–water partition coefficient (Wildman–Crippen LogP) is -2.49. The molecule has 0 bridgehead atoms. The smallest absolute Gasteiger partial charge is 0.330 e. The van der Waals surface area contributed by atoms with Crippen LogP contribution in [0.2, 0.25) is 0 Å². The lowest BCUT2D eigenvalue weighted by Gasteiger charge is -2.27. The third-order valence-corrected chi connectivity index (χ3v) is 3.18. The highest BCUT2D eigenvalue weighted by Gasteiger charge is 2.54. The summed E-state index contributed by atoms with van der Waals surface area (Å²) >= 11 is 0. The van der Waals surface area contributed by atoms with Crippen molar-refractivity contribution in [2.24, 2.45) is 5.73 Å². The zero-order valence-electron chi connectivity index (χ0n) is 10.7. The van der Waals surface area contributed by atoms with Crippen molar-refractivity contribution in [3.05, 3.63) is 33.1 Å². The van der Waals surface area contributed by atoms with E-state index in [1.165, 1.54) is 13.1 Å². The van der Waals surface area contributed by atoms with Crippen molar-refractivity contribution in [1.82, 2.24) is 9.55 Å². The van der Waals surface area contributed by atoms with E-state index in [9.17, 15) is 19.8 Å². The summed E-state index contributed by atoms with van der Waals surface area (Å²) in [4.78, 5) is 24.9. The number of rotatable bonds is 2. The molecule has 2 rings (SSSR count). The topological polar surface area (TPSA) is 131 Å². The minimum Gasteiger partial charge on any atom is -0.394 e. The van der Waals surface area contributed by atoms with Crippen LogP contribution >= 0.6 is 0 Å². The largest absolute Gasteiger partial charge is 0.394 e. The van der Waals surface area contributed by atoms with Gasteiger partial charge >= 0.3 is 5.69 Å². The number of aromatic nitrogens is 2. The minimum absolute atomic E-state index is 0.472. The number of nitrogens with zero attached hydrogens (tertiary/aromatic N) is 1. The van der Waals surface area contributed by atoms with Gasteiger partial charge in [-0.3, -0.25) is 14.3 Å². The average molecular weight is 281 g/mol. The molecule has 1 fully saturated rings. The van der Waals surface area contributed by atoms with Crippen LogP contribution in [0, 0.1) is 11.8 Å². The fourth-order valence-corrected chi connectivity index (χ4v) is 2.21. The Morgan fingerprint density at radius 1 is 1.60 bits per heavy atom. The number of hydrogen-bond donors (Lipinski definition) is 4. The molecule has 1 aliphatic heterocycles. The van der Waals surface area contributed by atoms with Gasteiger partial charge in [0.1, 0.15) is 12.2 Å². The Morgan fingerprint density at radius 3 is 2.85 bits per heavy atom. The summed E-state index contributed by atoms with van der Waals surface area (Å²) in [5.41, 5.74) is 3.19. The number of nitrogens with one attached hydrogen (secondary N) is 1. The van der Waals surface area contributed by atoms with Gasteiger partial charge in [-0.25, -0.2) is 4.79 Å². The molecule has 1 aromatic rings. The van der Waals surface area contributed by atoms with Crippen LogP contribution in [0.15, 0.2) is 21.9 Å². The summed E-state index contributed by atoms with van der Waals surface area (Å²) in [6, 6.07) is 1.13. The van der Waals surface area contributed by atoms with E-state index >= 15 is 0 Å². The van der Waals surface area contributed by atoms with Crippen LogP contribution in [0.5, 0.6) is 0 Å². The van der Waals surface area contributed by atoms with E-state index in [1.807, 2.05) is 0 Å². The zero-order valence-corrected chi connectivity index (χ0v) is 10.7. The lowest BCUT2D eigenvalue weighted by molar-refractivity contribution is -0.0477. The third-order valence-electron chi connectivity index (χ3n) is 3.18. The van der Waals surface area contributed by atoms with Crippen molar-refractivity contribution >= 4 is 0 Å². The number of nitrogens with two attached hydrogens (primary N) is 1. The van der Waals surface area contributed by atoms with Crippen molar-refractivity contribution in [3.8, 4) is 11.8 Å². The average Bonchev–Trinajstić information content (AvgIpc) is 2.63. The Morgan fingerprint density at radius 2 is 2.30 bits per heavy atom. The molecule has 2 heterocycles. The maximum absolute atomic E-state index is 11.8. The van der Waals surface area contributed by atoms with E-state index in [-0.39, 0.29) is 0 Å². The van der Waals surface area contributed by atoms with Gasteiger partial charge in [-0.2, -0.15) is 0 Å². The normalized spacial score (nSPS) is 32.7. The Balaban J connectivity index is 2.55. The van der Waals surface area contributed by atoms with Gasteiger partial charge in [0.25, 0.3) is 5.56 Å². The van der Waals surface area contributed by atoms with Crippen molar-refractivity contribution in [2.75, 3.05) is 6.61 Å². The Kier molecular flexibility index (Phi) is 3.78. The molecular weight excluding hydrogens is 266 g/mol. The monoisotopic (exact) mass is 281 g/mol. The molecule has 0 aromatic carbocycles. The van der Waals surface area contributed by atoms with Crippen LogP contribution in [-0.4, -0.2) is 44.1 Å². The van der Waals surface area contributed by atoms with Gasteiger partial charge in [0.15, 0.2) is 11.8 Å². The number of aromatic amines is 1. The molecule has 0 amide bonds. The van der Waals surface area contributed by atoms with Crippen molar-refractivity contribution < 1.29 is 14.9 Å². The summed E-state index contributed by atoms with van der Waals surface area (Å²) in [7, 11) is 0. The van der Waals surface area contributed by atoms with Gasteiger partial charge in [-0.05, 0) is 6.92 Å². The van der Waals surface area contributed by atoms with E-state index in [2.05, 4.69) is 16.8 Å². The second-order valence-corrected chi connectivity index (χ2v) is 4.48. The molecule has 1 unspecified atom stereocenters. The molecule has 0 saturated carbocycles. The third kappa shape index (κ3) is 2.17. The van der Waals surface area contributed by atoms with Crippen LogP contribution in [-0.2, 0) is 4.74 Å². The molecule has 8 heteroatoms. The highest BCUT2D eigenvalue weighted by atomic mass is 16.5. The fraction of sp³-hybridized carbons (Fsp3) is 0.500. The first-order valence-electron chi connectivity index (χ1n) is 5.92. The zero-order chi connectivity index (χ0) is 14.9. The number of H-pyrrole nitrogens is 1. The Hall–Kier alpha value is -1.92. The van der Waals surface area contributed by atoms with E-state index in [1.54, 1.807) is 0 Å². The highest BCUT2D eigenvalue weighted by Crippen LogP contribution is 2.35. The van der Waals surface area contributed by atoms with Gasteiger partial charge in [-0.15, -0.1) is 5.92 Å². The van der Waals surface area contributed by atoms with Crippen LogP contribution < -0.4 is 17.0 Å². The molecule has 0 aliphatic carbocycles. The maximum atomic E-state index is 11.8. The number of ether oxygens (including phenoxy) is 1. The molecule has 0 radical (unpaired) electrons. The highest BCUT2D eigenvalue weighted by molar-refractivity contribution is 5.25. The first-order chi connectivity index (χ1) is 9.43. The van der Waals surface area contributed by atoms with Gasteiger partial charge < -0.3 is 20.7 Å². The van der Waals surface area contributed by atoms with Gasteiger partial charge in [-0.1, -0.05) is 5.92 Å². The maximum Gasteiger partial charge on any atom is 0.330 e. The molecule has 1 saturated heterocycles. The lowest BCUT2D eigenvalue weighted by atomic mass is 9.91. The van der Waals surface area contributed by atoms with E-state index in [0.717, 1.165) is 10.6 Å². The molecule has 1 aromatic heterocycles. The number of hydrogen-bond acceptors (Lipinski definition) is 6. The first kappa shape index (κ1) is 14.5. The van der Waals surface area contributed by atoms with Crippen LogP contribution in [0.1, 0.15) is 13.2 Å². The van der Waals surface area contributed by atoms with E-state index < -0.39 is 41.8 Å². The number of aliphatic hydroxyl groups is 2. The van der Waals surface area contributed by atoms with Crippen LogP contribution in [0.4, 0.5) is 0 Å². The summed E-state index contributed by atoms with van der Waals surface area (Å²) in [5, 5.41) is 19.3. The quantitative estimate of drug-likeness (QED) is 0.444. The molecular formula is C12H15N3O5. The fourth-order valence-electron chi connectivity index (χ4n) is 2.21. The standard InChI is InChI=1S/C12H15N3O5/c1-2-4-12(13)9(18)7(6-16)20-10(12)15-5-3-8(17)14-11(15)19/h3,5,7,9-10,16,18H,6,13H2,1H3,(H,14,17,19)/t7-,9?,10-,12-/m1/s1. The van der Waals surface area contributed by atoms with Crippen LogP contribution in [0.3, 0.4) is 0 Å². The SMILES string of the molecule is CC#C[C@@]1(N)C(O)[C@@H](CO)O[C@H]1n1ccc(=O)[nH]c1=O. The molecule has 108 valence electrons. The molecule has 4 atom stereocenters. The molecule has 20 heavy (non-hydrogen) atoms. The van der Waals surface area contributed by atoms with Gasteiger partial charge in [0.05, 0.1) is 6.61 Å². The Labute approximate surface area is 113 Å². The summed E-state index contributed by atoms with van der Waals surface area (Å²) in [5.74, 6) is 5.19. The predicted molar refractivity (Wildman–Crippen MR) is 68.7 cm³/mol. The molecule has 0 spiro atoms. The van der Waals surface area contributed by atoms with E-state index in [4.69, 9.17) is 10.5 Å². The van der Waals surface area contributed by atoms with E-state index in [0.29, 0.717) is 0 Å². The van der Waals surface area contributed by atoms with Crippen LogP contribution in [0.25, 0.3) is 0 Å². The molecule has 1 aliphatic rings. The second-order valence-electron chi connectivity index (χ2n) is 4.48. The Bertz CT molecular complexity index is 670. The van der Waals surface area contributed by atoms with Crippen molar-refractivity contribution in [1.29, 1.82) is 0 Å². The second kappa shape index (κ2) is 5.22.